The molecule has 2 aromatic rings. The van der Waals surface area contributed by atoms with Crippen LogP contribution in [0, 0.1) is 0 Å². The molecule has 25 heavy (non-hydrogen) atoms. The maximum Gasteiger partial charge on any atom is 0.231 e. The van der Waals surface area contributed by atoms with Crippen molar-refractivity contribution in [1.29, 1.82) is 0 Å². The van der Waals surface area contributed by atoms with Crippen LogP contribution >= 0.6 is 11.6 Å². The van der Waals surface area contributed by atoms with Crippen molar-refractivity contribution < 1.29 is 14.2 Å². The number of hydrogen-bond acceptors (Lipinski definition) is 5. The third kappa shape index (κ3) is 4.00. The molecule has 0 amide bonds. The van der Waals surface area contributed by atoms with E-state index in [1.165, 1.54) is 0 Å². The largest absolute Gasteiger partial charge is 0.496 e. The zero-order valence-corrected chi connectivity index (χ0v) is 15.5. The zero-order chi connectivity index (χ0) is 17.8. The molecule has 1 heterocycles. The van der Waals surface area contributed by atoms with Crippen LogP contribution in [0.2, 0.25) is 5.02 Å². The number of halogens is 1. The number of nitrogens with zero attached hydrogens (tertiary/aromatic N) is 1. The zero-order valence-electron chi connectivity index (χ0n) is 14.7. The van der Waals surface area contributed by atoms with Gasteiger partial charge in [-0.2, -0.15) is 0 Å². The number of likely N-dealkylation sites (N-methyl/N-ethyl adjacent to an activating group) is 1. The van der Waals surface area contributed by atoms with Gasteiger partial charge in [0.15, 0.2) is 11.5 Å². The molecule has 0 aliphatic carbocycles. The van der Waals surface area contributed by atoms with Crippen LogP contribution in [-0.4, -0.2) is 39.4 Å². The van der Waals surface area contributed by atoms with Crippen LogP contribution in [0.25, 0.3) is 0 Å². The lowest BCUT2D eigenvalue weighted by atomic mass is 10.0. The van der Waals surface area contributed by atoms with E-state index in [1.807, 2.05) is 30.3 Å². The standard InChI is InChI=1S/C19H23ClN2O3/c1-22(2)16(14-6-4-5-7-17(14)23-3)11-21-10-13-8-15(20)19-18(9-13)24-12-25-19/h4-9,16,21H,10-12H2,1-3H3. The van der Waals surface area contributed by atoms with Gasteiger partial charge < -0.3 is 24.4 Å². The molecule has 3 rings (SSSR count). The predicted molar refractivity (Wildman–Crippen MR) is 98.7 cm³/mol. The fourth-order valence-electron chi connectivity index (χ4n) is 2.99. The first-order chi connectivity index (χ1) is 12.1. The molecule has 1 atom stereocenters. The summed E-state index contributed by atoms with van der Waals surface area (Å²) < 4.78 is 16.3. The van der Waals surface area contributed by atoms with Gasteiger partial charge in [-0.15, -0.1) is 0 Å². The summed E-state index contributed by atoms with van der Waals surface area (Å²) in [6.45, 7) is 1.69. The summed E-state index contributed by atoms with van der Waals surface area (Å²) in [6, 6.07) is 12.2. The van der Waals surface area contributed by atoms with Gasteiger partial charge in [-0.25, -0.2) is 0 Å². The van der Waals surface area contributed by atoms with Gasteiger partial charge in [-0.05, 0) is 37.9 Å². The lowest BCUT2D eigenvalue weighted by molar-refractivity contribution is 0.174. The molecule has 0 fully saturated rings. The number of methoxy groups -OCH3 is 1. The van der Waals surface area contributed by atoms with E-state index in [2.05, 4.69) is 30.4 Å². The van der Waals surface area contributed by atoms with Crippen LogP contribution in [0.3, 0.4) is 0 Å². The number of nitrogens with one attached hydrogen (secondary N) is 1. The lowest BCUT2D eigenvalue weighted by Crippen LogP contribution is -2.31. The molecule has 0 spiro atoms. The highest BCUT2D eigenvalue weighted by Crippen LogP contribution is 2.39. The van der Waals surface area contributed by atoms with Crippen LogP contribution in [0.5, 0.6) is 17.2 Å². The molecule has 134 valence electrons. The second kappa shape index (κ2) is 7.95. The molecule has 1 aliphatic heterocycles. The molecular formula is C19H23ClN2O3. The van der Waals surface area contributed by atoms with Crippen LogP contribution in [0.4, 0.5) is 0 Å². The smallest absolute Gasteiger partial charge is 0.231 e. The first-order valence-electron chi connectivity index (χ1n) is 8.18. The first-order valence-corrected chi connectivity index (χ1v) is 8.56. The Labute approximate surface area is 153 Å². The first kappa shape index (κ1) is 17.9. The van der Waals surface area contributed by atoms with E-state index in [0.717, 1.165) is 23.4 Å². The van der Waals surface area contributed by atoms with Crippen molar-refractivity contribution in [3.63, 3.8) is 0 Å². The number of fused-ring (bicyclic) bond motifs is 1. The molecule has 0 saturated carbocycles. The molecule has 1 N–H and O–H groups in total. The van der Waals surface area contributed by atoms with Gasteiger partial charge >= 0.3 is 0 Å². The normalized spacial score (nSPS) is 14.0. The van der Waals surface area contributed by atoms with Gasteiger partial charge in [0.2, 0.25) is 6.79 Å². The fourth-order valence-corrected chi connectivity index (χ4v) is 3.28. The number of hydrogen-bond donors (Lipinski definition) is 1. The highest BCUT2D eigenvalue weighted by molar-refractivity contribution is 6.32. The van der Waals surface area contributed by atoms with Crippen molar-refractivity contribution in [3.8, 4) is 17.2 Å². The molecular weight excluding hydrogens is 340 g/mol. The molecule has 1 aliphatic rings. The second-order valence-corrected chi connectivity index (χ2v) is 6.57. The Morgan fingerprint density at radius 3 is 2.80 bits per heavy atom. The van der Waals surface area contributed by atoms with Gasteiger partial charge in [0.05, 0.1) is 18.2 Å². The average molecular weight is 363 g/mol. The number of para-hydroxylation sites is 1. The van der Waals surface area contributed by atoms with Gasteiger partial charge in [0.1, 0.15) is 5.75 Å². The van der Waals surface area contributed by atoms with E-state index in [4.69, 9.17) is 25.8 Å². The summed E-state index contributed by atoms with van der Waals surface area (Å²) >= 11 is 6.24. The van der Waals surface area contributed by atoms with E-state index in [0.29, 0.717) is 23.1 Å². The SMILES string of the molecule is COc1ccccc1C(CNCc1cc(Cl)c2c(c1)OCO2)N(C)C. The third-order valence-corrected chi connectivity index (χ3v) is 4.56. The predicted octanol–water partition coefficient (Wildman–Crippen LogP) is 3.47. The van der Waals surface area contributed by atoms with Crippen LogP contribution < -0.4 is 19.5 Å². The third-order valence-electron chi connectivity index (χ3n) is 4.28. The molecule has 2 aromatic carbocycles. The number of ether oxygens (including phenoxy) is 3. The Hall–Kier alpha value is -1.95. The molecule has 0 aromatic heterocycles. The van der Waals surface area contributed by atoms with E-state index < -0.39 is 0 Å². The molecule has 5 nitrogen and oxygen atoms in total. The van der Waals surface area contributed by atoms with Crippen LogP contribution in [0.1, 0.15) is 17.2 Å². The van der Waals surface area contributed by atoms with Crippen molar-refractivity contribution in [2.24, 2.45) is 0 Å². The van der Waals surface area contributed by atoms with E-state index in [1.54, 1.807) is 7.11 Å². The quantitative estimate of drug-likeness (QED) is 0.817. The number of benzene rings is 2. The fraction of sp³-hybridized carbons (Fsp3) is 0.368. The van der Waals surface area contributed by atoms with Gasteiger partial charge in [0.25, 0.3) is 0 Å². The molecule has 0 bridgehead atoms. The van der Waals surface area contributed by atoms with Crippen LogP contribution in [0.15, 0.2) is 36.4 Å². The summed E-state index contributed by atoms with van der Waals surface area (Å²) in [7, 11) is 5.83. The van der Waals surface area contributed by atoms with E-state index in [9.17, 15) is 0 Å². The molecule has 1 unspecified atom stereocenters. The molecule has 0 saturated heterocycles. The minimum absolute atomic E-state index is 0.195. The maximum absolute atomic E-state index is 6.24. The summed E-state index contributed by atoms with van der Waals surface area (Å²) in [5, 5.41) is 4.08. The van der Waals surface area contributed by atoms with Crippen molar-refractivity contribution in [1.82, 2.24) is 10.2 Å². The van der Waals surface area contributed by atoms with Crippen molar-refractivity contribution in [2.75, 3.05) is 34.5 Å². The number of rotatable bonds is 7. The average Bonchev–Trinajstić information content (AvgIpc) is 3.07. The summed E-state index contributed by atoms with van der Waals surface area (Å²) in [5.74, 6) is 2.23. The van der Waals surface area contributed by atoms with Crippen molar-refractivity contribution in [2.45, 2.75) is 12.6 Å². The summed E-state index contributed by atoms with van der Waals surface area (Å²) in [5.41, 5.74) is 2.22. The maximum atomic E-state index is 6.24. The highest BCUT2D eigenvalue weighted by Gasteiger charge is 2.20. The molecule has 0 radical (unpaired) electrons. The lowest BCUT2D eigenvalue weighted by Gasteiger charge is -2.26. The minimum Gasteiger partial charge on any atom is -0.496 e. The van der Waals surface area contributed by atoms with Crippen molar-refractivity contribution >= 4 is 11.6 Å². The minimum atomic E-state index is 0.195. The van der Waals surface area contributed by atoms with Gasteiger partial charge in [-0.3, -0.25) is 0 Å². The summed E-state index contributed by atoms with van der Waals surface area (Å²) in [4.78, 5) is 2.18. The van der Waals surface area contributed by atoms with E-state index >= 15 is 0 Å². The Kier molecular flexibility index (Phi) is 5.68. The monoisotopic (exact) mass is 362 g/mol. The Bertz CT molecular complexity index is 737. The molecule has 6 heteroatoms. The summed E-state index contributed by atoms with van der Waals surface area (Å²) in [6.07, 6.45) is 0. The highest BCUT2D eigenvalue weighted by atomic mass is 35.5. The van der Waals surface area contributed by atoms with Crippen molar-refractivity contribution in [3.05, 3.63) is 52.5 Å². The topological polar surface area (TPSA) is 43.0 Å². The second-order valence-electron chi connectivity index (χ2n) is 6.16. The van der Waals surface area contributed by atoms with Gasteiger partial charge in [0, 0.05) is 18.7 Å². The van der Waals surface area contributed by atoms with Gasteiger partial charge in [-0.1, -0.05) is 29.8 Å². The Morgan fingerprint density at radius 2 is 2.04 bits per heavy atom. The van der Waals surface area contributed by atoms with Crippen LogP contribution in [-0.2, 0) is 6.54 Å². The Balaban J connectivity index is 1.68. The Morgan fingerprint density at radius 1 is 1.24 bits per heavy atom. The van der Waals surface area contributed by atoms with E-state index in [-0.39, 0.29) is 12.8 Å².